The number of terminal acetylenes is 1. The molecule has 0 aliphatic carbocycles. The number of hydrogen-bond donors (Lipinski definition) is 0. The first-order valence-electron chi connectivity index (χ1n) is 21.3. The van der Waals surface area contributed by atoms with E-state index in [0.29, 0.717) is 23.2 Å². The molecule has 6 nitrogen and oxygen atoms in total. The molecule has 0 fully saturated rings. The van der Waals surface area contributed by atoms with Gasteiger partial charge in [0.25, 0.3) is 8.38 Å². The molecule has 0 heterocycles. The van der Waals surface area contributed by atoms with Crippen molar-refractivity contribution in [2.45, 2.75) is 81.6 Å². The topological polar surface area (TPSA) is 63.2 Å². The van der Waals surface area contributed by atoms with Crippen LogP contribution in [0.3, 0.4) is 0 Å². The van der Waals surface area contributed by atoms with Crippen molar-refractivity contribution in [3.8, 4) is 24.3 Å². The van der Waals surface area contributed by atoms with E-state index in [9.17, 15) is 0 Å². The SMILES string of the molecule is C#C.C=C/C=C(C)\C(=C/C)OP(C)Oc1ccccc1C.C=C/C=C(OP(O/C(=C/C)C/C(C)=C\C)Oc1ccccc1P(=O)(c1ccccc1)c1ccccc1CCC)\C(C)=C/C. The molecule has 0 saturated carbocycles. The maximum Gasteiger partial charge on any atom is 0.529 e. The first-order valence-corrected chi connectivity index (χ1v) is 25.7. The molecule has 9 heteroatoms. The lowest BCUT2D eigenvalue weighted by Gasteiger charge is -2.26. The molecule has 0 aliphatic rings. The lowest BCUT2D eigenvalue weighted by molar-refractivity contribution is 0.289. The fourth-order valence-corrected chi connectivity index (χ4v) is 11.4. The van der Waals surface area contributed by atoms with E-state index >= 15 is 4.57 Å². The van der Waals surface area contributed by atoms with Crippen LogP contribution in [0.1, 0.15) is 79.4 Å². The van der Waals surface area contributed by atoms with Crippen LogP contribution in [0.15, 0.2) is 199 Å². The molecular weight excluding hydrogens is 850 g/mol. The summed E-state index contributed by atoms with van der Waals surface area (Å²) in [6.07, 6.45) is 25.4. The van der Waals surface area contributed by atoms with Gasteiger partial charge in [0.1, 0.15) is 28.8 Å². The fraction of sp³-hybridized carbons (Fsp3) is 0.236. The van der Waals surface area contributed by atoms with Crippen LogP contribution >= 0.6 is 24.1 Å². The van der Waals surface area contributed by atoms with E-state index in [1.54, 1.807) is 18.2 Å². The van der Waals surface area contributed by atoms with Gasteiger partial charge < -0.3 is 27.2 Å². The van der Waals surface area contributed by atoms with Crippen molar-refractivity contribution in [1.82, 2.24) is 0 Å². The Balaban J connectivity index is 0.000000559. The highest BCUT2D eigenvalue weighted by Crippen LogP contribution is 2.51. The van der Waals surface area contributed by atoms with Gasteiger partial charge in [0.15, 0.2) is 7.14 Å². The van der Waals surface area contributed by atoms with Gasteiger partial charge in [-0.1, -0.05) is 147 Å². The second-order valence-electron chi connectivity index (χ2n) is 14.2. The van der Waals surface area contributed by atoms with E-state index < -0.39 is 24.1 Å². The summed E-state index contributed by atoms with van der Waals surface area (Å²) in [6.45, 7) is 27.5. The number of benzene rings is 4. The minimum Gasteiger partial charge on any atom is -0.439 e. The van der Waals surface area contributed by atoms with Crippen molar-refractivity contribution in [2.24, 2.45) is 0 Å². The second kappa shape index (κ2) is 29.7. The molecule has 64 heavy (non-hydrogen) atoms. The summed E-state index contributed by atoms with van der Waals surface area (Å²) < 4.78 is 46.9. The molecule has 4 aromatic rings. The number of hydrogen-bond acceptors (Lipinski definition) is 6. The van der Waals surface area contributed by atoms with E-state index in [2.05, 4.69) is 52.0 Å². The van der Waals surface area contributed by atoms with Crippen LogP contribution in [0.25, 0.3) is 0 Å². The zero-order chi connectivity index (χ0) is 47.5. The molecule has 338 valence electrons. The summed E-state index contributed by atoms with van der Waals surface area (Å²) in [5.41, 5.74) is 5.31. The average molecular weight is 917 g/mol. The molecule has 0 spiro atoms. The highest BCUT2D eigenvalue weighted by molar-refractivity contribution is 7.85. The van der Waals surface area contributed by atoms with Gasteiger partial charge >= 0.3 is 8.60 Å². The third-order valence-electron chi connectivity index (χ3n) is 9.64. The van der Waals surface area contributed by atoms with Gasteiger partial charge in [0.2, 0.25) is 0 Å². The van der Waals surface area contributed by atoms with Crippen LogP contribution in [-0.2, 0) is 24.6 Å². The summed E-state index contributed by atoms with van der Waals surface area (Å²) in [6, 6.07) is 33.2. The summed E-state index contributed by atoms with van der Waals surface area (Å²) in [4.78, 5) is 0. The monoisotopic (exact) mass is 916 g/mol. The quantitative estimate of drug-likeness (QED) is 0.0273. The molecule has 4 rings (SSSR count). The van der Waals surface area contributed by atoms with E-state index in [1.807, 2.05) is 176 Å². The van der Waals surface area contributed by atoms with Crippen LogP contribution in [0, 0.1) is 19.8 Å². The van der Waals surface area contributed by atoms with Crippen molar-refractivity contribution in [3.05, 3.63) is 210 Å². The zero-order valence-corrected chi connectivity index (χ0v) is 42.1. The van der Waals surface area contributed by atoms with E-state index in [0.717, 1.165) is 68.6 Å². The molecule has 4 aromatic carbocycles. The molecular formula is C55H67O6P3. The Hall–Kier alpha value is -5.55. The lowest BCUT2D eigenvalue weighted by atomic mass is 10.1. The lowest BCUT2D eigenvalue weighted by Crippen LogP contribution is -2.28. The average Bonchev–Trinajstić information content (AvgIpc) is 3.32. The number of rotatable bonds is 21. The normalized spacial score (nSPS) is 14.2. The van der Waals surface area contributed by atoms with Gasteiger partial charge in [-0.05, 0) is 121 Å². The van der Waals surface area contributed by atoms with E-state index in [-0.39, 0.29) is 0 Å². The summed E-state index contributed by atoms with van der Waals surface area (Å²) in [5, 5.41) is 2.17. The van der Waals surface area contributed by atoms with Gasteiger partial charge in [-0.3, -0.25) is 0 Å². The van der Waals surface area contributed by atoms with Crippen molar-refractivity contribution in [2.75, 3.05) is 6.66 Å². The van der Waals surface area contributed by atoms with Crippen LogP contribution in [0.4, 0.5) is 0 Å². The number of aryl methyl sites for hydroxylation is 2. The van der Waals surface area contributed by atoms with E-state index in [4.69, 9.17) is 22.6 Å². The maximum atomic E-state index is 15.7. The number of allylic oxidation sites excluding steroid dienone is 11. The highest BCUT2D eigenvalue weighted by Gasteiger charge is 2.36. The molecule has 3 unspecified atom stereocenters. The molecule has 0 amide bonds. The Morgan fingerprint density at radius 2 is 1.25 bits per heavy atom. The van der Waals surface area contributed by atoms with Crippen LogP contribution in [-0.4, -0.2) is 6.66 Å². The molecule has 0 aromatic heterocycles. The van der Waals surface area contributed by atoms with Gasteiger partial charge in [-0.2, -0.15) is 0 Å². The largest absolute Gasteiger partial charge is 0.529 e. The smallest absolute Gasteiger partial charge is 0.439 e. The molecule has 0 aliphatic heterocycles. The maximum absolute atomic E-state index is 15.7. The Labute approximate surface area is 388 Å². The van der Waals surface area contributed by atoms with Gasteiger partial charge in [0.05, 0.1) is 5.30 Å². The third-order valence-corrected chi connectivity index (χ3v) is 14.8. The van der Waals surface area contributed by atoms with Crippen molar-refractivity contribution >= 4 is 40.0 Å². The molecule has 0 radical (unpaired) electrons. The second-order valence-corrected chi connectivity index (χ2v) is 19.2. The van der Waals surface area contributed by atoms with Crippen molar-refractivity contribution in [1.29, 1.82) is 0 Å². The molecule has 0 N–H and O–H groups in total. The van der Waals surface area contributed by atoms with Crippen molar-refractivity contribution in [3.63, 3.8) is 0 Å². The molecule has 3 atom stereocenters. The van der Waals surface area contributed by atoms with Gasteiger partial charge in [-0.25, -0.2) is 0 Å². The minimum atomic E-state index is -3.37. The first kappa shape index (κ1) is 54.6. The number of para-hydroxylation sites is 2. The first-order chi connectivity index (χ1) is 30.9. The van der Waals surface area contributed by atoms with Crippen LogP contribution in [0.5, 0.6) is 11.5 Å². The zero-order valence-electron chi connectivity index (χ0n) is 39.4. The van der Waals surface area contributed by atoms with Crippen molar-refractivity contribution < 1.29 is 27.2 Å². The van der Waals surface area contributed by atoms with Gasteiger partial charge in [-0.15, -0.1) is 12.8 Å². The molecule has 0 saturated heterocycles. The summed E-state index contributed by atoms with van der Waals surface area (Å²) in [5.74, 6) is 3.49. The summed E-state index contributed by atoms with van der Waals surface area (Å²) in [7, 11) is -6.37. The standard InChI is InChI=1S/C37H44O4P2.C16H21O2P.C2H2/c1-8-20-31-22-16-18-26-36(31)43(38,33-23-14-13-15-24-33)37-27-19-17-25-35(37)41-42(39-32(12-5)28-29(6)10-3)40-34(21-9-2)30(7)11-4;1-6-10-13(3)15(7-2)17-19(5)18-16-12-9-8-11-14(16)4;1-2/h9-19,21-27H,2,8,20,28H2,1,3-7H3;6-12H,1H2,2-5H3;1-2H/b29-10-,30-11-,32-12+,34-21+;13-10-,15-7+;. The van der Waals surface area contributed by atoms with Crippen LogP contribution in [0.2, 0.25) is 0 Å². The minimum absolute atomic E-state index is 0.460. The third kappa shape index (κ3) is 16.5. The Kier molecular flexibility index (Phi) is 25.4. The highest BCUT2D eigenvalue weighted by atomic mass is 31.2. The van der Waals surface area contributed by atoms with Crippen LogP contribution < -0.4 is 25.0 Å². The Morgan fingerprint density at radius 1 is 0.656 bits per heavy atom. The van der Waals surface area contributed by atoms with Gasteiger partial charge in [0, 0.05) is 23.7 Å². The Morgan fingerprint density at radius 3 is 1.83 bits per heavy atom. The Bertz CT molecular complexity index is 2350. The predicted octanol–water partition coefficient (Wildman–Crippen LogP) is 15.8. The van der Waals surface area contributed by atoms with E-state index in [1.165, 1.54) is 0 Å². The fourth-order valence-electron chi connectivity index (χ4n) is 6.06. The predicted molar refractivity (Wildman–Crippen MR) is 278 cm³/mol. The molecule has 0 bridgehead atoms. The summed E-state index contributed by atoms with van der Waals surface area (Å²) >= 11 is 0.